The molecular weight excluding hydrogens is 259 g/mol. The zero-order valence-corrected chi connectivity index (χ0v) is 10.8. The molecule has 0 bridgehead atoms. The number of ether oxygens (including phenoxy) is 2. The molecule has 1 aliphatic rings. The summed E-state index contributed by atoms with van der Waals surface area (Å²) in [6.45, 7) is 0.166. The SMILES string of the molecule is COc1ccc(C(F)(F)F)c(C2(CN)CC2)c1OC. The molecule has 1 saturated carbocycles. The average Bonchev–Trinajstić information content (AvgIpc) is 3.16. The number of hydrogen-bond donors (Lipinski definition) is 1. The highest BCUT2D eigenvalue weighted by Gasteiger charge is 2.51. The fourth-order valence-electron chi connectivity index (χ4n) is 2.40. The molecule has 1 aromatic carbocycles. The molecular formula is C13H16F3NO2. The van der Waals surface area contributed by atoms with Crippen molar-refractivity contribution in [2.24, 2.45) is 5.73 Å². The summed E-state index contributed by atoms with van der Waals surface area (Å²) >= 11 is 0. The van der Waals surface area contributed by atoms with Crippen molar-refractivity contribution in [3.8, 4) is 11.5 Å². The number of alkyl halides is 3. The van der Waals surface area contributed by atoms with Crippen LogP contribution in [0.2, 0.25) is 0 Å². The van der Waals surface area contributed by atoms with Gasteiger partial charge in [0.2, 0.25) is 0 Å². The molecule has 2 N–H and O–H groups in total. The van der Waals surface area contributed by atoms with E-state index in [1.807, 2.05) is 0 Å². The van der Waals surface area contributed by atoms with Crippen LogP contribution in [-0.4, -0.2) is 20.8 Å². The van der Waals surface area contributed by atoms with E-state index in [-0.39, 0.29) is 17.9 Å². The van der Waals surface area contributed by atoms with E-state index >= 15 is 0 Å². The van der Waals surface area contributed by atoms with Crippen LogP contribution in [0.3, 0.4) is 0 Å². The Morgan fingerprint density at radius 3 is 2.21 bits per heavy atom. The van der Waals surface area contributed by atoms with E-state index in [0.29, 0.717) is 18.6 Å². The van der Waals surface area contributed by atoms with E-state index in [1.54, 1.807) is 0 Å². The quantitative estimate of drug-likeness (QED) is 0.919. The van der Waals surface area contributed by atoms with Gasteiger partial charge in [0, 0.05) is 17.5 Å². The van der Waals surface area contributed by atoms with Crippen LogP contribution in [0.5, 0.6) is 11.5 Å². The predicted molar refractivity (Wildman–Crippen MR) is 64.5 cm³/mol. The monoisotopic (exact) mass is 275 g/mol. The number of halogens is 3. The number of benzene rings is 1. The first kappa shape index (κ1) is 14.0. The van der Waals surface area contributed by atoms with Gasteiger partial charge in [-0.3, -0.25) is 0 Å². The highest BCUT2D eigenvalue weighted by molar-refractivity contribution is 5.57. The van der Waals surface area contributed by atoms with Crippen molar-refractivity contribution in [1.29, 1.82) is 0 Å². The molecule has 19 heavy (non-hydrogen) atoms. The minimum absolute atomic E-state index is 0.129. The van der Waals surface area contributed by atoms with Crippen LogP contribution >= 0.6 is 0 Å². The first-order chi connectivity index (χ1) is 8.89. The summed E-state index contributed by atoms with van der Waals surface area (Å²) in [6, 6.07) is 2.31. The van der Waals surface area contributed by atoms with E-state index in [0.717, 1.165) is 6.07 Å². The van der Waals surface area contributed by atoms with Crippen molar-refractivity contribution in [2.45, 2.75) is 24.4 Å². The molecule has 1 aliphatic carbocycles. The zero-order chi connectivity index (χ0) is 14.3. The Hall–Kier alpha value is -1.43. The minimum Gasteiger partial charge on any atom is -0.493 e. The van der Waals surface area contributed by atoms with Crippen LogP contribution in [0.1, 0.15) is 24.0 Å². The molecule has 6 heteroatoms. The molecule has 1 aromatic rings. The standard InChI is InChI=1S/C13H16F3NO2/c1-18-9-4-3-8(13(14,15)16)10(11(9)19-2)12(7-17)5-6-12/h3-4H,5-7,17H2,1-2H3. The summed E-state index contributed by atoms with van der Waals surface area (Å²) < 4.78 is 49.7. The molecule has 0 unspecified atom stereocenters. The molecule has 1 fully saturated rings. The number of hydrogen-bond acceptors (Lipinski definition) is 3. The Labute approximate surface area is 109 Å². The number of methoxy groups -OCH3 is 2. The fraction of sp³-hybridized carbons (Fsp3) is 0.538. The van der Waals surface area contributed by atoms with Crippen molar-refractivity contribution in [3.63, 3.8) is 0 Å². The Bertz CT molecular complexity index is 482. The lowest BCUT2D eigenvalue weighted by Gasteiger charge is -2.24. The van der Waals surface area contributed by atoms with Gasteiger partial charge < -0.3 is 15.2 Å². The smallest absolute Gasteiger partial charge is 0.416 e. The molecule has 2 rings (SSSR count). The van der Waals surface area contributed by atoms with E-state index < -0.39 is 17.2 Å². The van der Waals surface area contributed by atoms with Gasteiger partial charge in [-0.2, -0.15) is 13.2 Å². The predicted octanol–water partition coefficient (Wildman–Crippen LogP) is 2.71. The zero-order valence-electron chi connectivity index (χ0n) is 10.8. The second-order valence-corrected chi connectivity index (χ2v) is 4.71. The highest BCUT2D eigenvalue weighted by Crippen LogP contribution is 2.56. The average molecular weight is 275 g/mol. The van der Waals surface area contributed by atoms with Gasteiger partial charge in [-0.1, -0.05) is 0 Å². The summed E-state index contributed by atoms with van der Waals surface area (Å²) in [5.74, 6) is 0.436. The van der Waals surface area contributed by atoms with E-state index in [1.165, 1.54) is 20.3 Å². The fourth-order valence-corrected chi connectivity index (χ4v) is 2.40. The Balaban J connectivity index is 2.70. The van der Waals surface area contributed by atoms with Gasteiger partial charge in [-0.15, -0.1) is 0 Å². The van der Waals surface area contributed by atoms with Crippen LogP contribution in [0.4, 0.5) is 13.2 Å². The topological polar surface area (TPSA) is 44.5 Å². The van der Waals surface area contributed by atoms with Gasteiger partial charge in [-0.25, -0.2) is 0 Å². The Kier molecular flexibility index (Phi) is 3.38. The Morgan fingerprint density at radius 2 is 1.84 bits per heavy atom. The third-order valence-electron chi connectivity index (χ3n) is 3.63. The number of nitrogens with two attached hydrogens (primary N) is 1. The molecule has 0 atom stereocenters. The van der Waals surface area contributed by atoms with Crippen molar-refractivity contribution in [3.05, 3.63) is 23.3 Å². The van der Waals surface area contributed by atoms with Gasteiger partial charge in [-0.05, 0) is 25.0 Å². The molecule has 0 amide bonds. The third kappa shape index (κ3) is 2.25. The van der Waals surface area contributed by atoms with Gasteiger partial charge in [0.25, 0.3) is 0 Å². The van der Waals surface area contributed by atoms with Crippen LogP contribution < -0.4 is 15.2 Å². The molecule has 0 aliphatic heterocycles. The largest absolute Gasteiger partial charge is 0.493 e. The van der Waals surface area contributed by atoms with E-state index in [9.17, 15) is 13.2 Å². The molecule has 3 nitrogen and oxygen atoms in total. The molecule has 0 heterocycles. The first-order valence-corrected chi connectivity index (χ1v) is 5.92. The summed E-state index contributed by atoms with van der Waals surface area (Å²) in [7, 11) is 2.74. The summed E-state index contributed by atoms with van der Waals surface area (Å²) in [5, 5.41) is 0. The van der Waals surface area contributed by atoms with Crippen LogP contribution in [0, 0.1) is 0 Å². The molecule has 0 saturated heterocycles. The van der Waals surface area contributed by atoms with Gasteiger partial charge in [0.1, 0.15) is 0 Å². The minimum atomic E-state index is -4.43. The first-order valence-electron chi connectivity index (χ1n) is 5.92. The normalized spacial score (nSPS) is 17.2. The van der Waals surface area contributed by atoms with Crippen LogP contribution in [-0.2, 0) is 11.6 Å². The molecule has 0 spiro atoms. The number of rotatable bonds is 4. The maximum Gasteiger partial charge on any atom is 0.416 e. The summed E-state index contributed by atoms with van der Waals surface area (Å²) in [4.78, 5) is 0. The van der Waals surface area contributed by atoms with Crippen molar-refractivity contribution >= 4 is 0 Å². The molecule has 106 valence electrons. The second kappa shape index (κ2) is 4.59. The van der Waals surface area contributed by atoms with Gasteiger partial charge in [0.15, 0.2) is 11.5 Å². The van der Waals surface area contributed by atoms with Crippen molar-refractivity contribution < 1.29 is 22.6 Å². The molecule has 0 radical (unpaired) electrons. The summed E-state index contributed by atoms with van der Waals surface area (Å²) in [6.07, 6.45) is -3.16. The lowest BCUT2D eigenvalue weighted by molar-refractivity contribution is -0.138. The Morgan fingerprint density at radius 1 is 1.21 bits per heavy atom. The van der Waals surface area contributed by atoms with Crippen molar-refractivity contribution in [2.75, 3.05) is 20.8 Å². The second-order valence-electron chi connectivity index (χ2n) is 4.71. The molecule has 0 aromatic heterocycles. The van der Waals surface area contributed by atoms with Gasteiger partial charge >= 0.3 is 6.18 Å². The maximum absolute atomic E-state index is 13.2. The van der Waals surface area contributed by atoms with Crippen molar-refractivity contribution in [1.82, 2.24) is 0 Å². The van der Waals surface area contributed by atoms with E-state index in [2.05, 4.69) is 0 Å². The third-order valence-corrected chi connectivity index (χ3v) is 3.63. The van der Waals surface area contributed by atoms with Crippen LogP contribution in [0.25, 0.3) is 0 Å². The highest BCUT2D eigenvalue weighted by atomic mass is 19.4. The maximum atomic E-state index is 13.2. The lowest BCUT2D eigenvalue weighted by Crippen LogP contribution is -2.25. The lowest BCUT2D eigenvalue weighted by atomic mass is 9.89. The van der Waals surface area contributed by atoms with Gasteiger partial charge in [0.05, 0.1) is 19.8 Å². The van der Waals surface area contributed by atoms with Crippen LogP contribution in [0.15, 0.2) is 12.1 Å². The summed E-state index contributed by atoms with van der Waals surface area (Å²) in [5.41, 5.74) is 4.47. The van der Waals surface area contributed by atoms with E-state index in [4.69, 9.17) is 15.2 Å².